The number of carbonyl (C=O) groups is 1. The number of rotatable bonds is 6. The van der Waals surface area contributed by atoms with Crippen LogP contribution in [0.2, 0.25) is 5.02 Å². The van der Waals surface area contributed by atoms with E-state index < -0.39 is 0 Å². The van der Waals surface area contributed by atoms with E-state index in [-0.39, 0.29) is 11.9 Å². The largest absolute Gasteiger partial charge is 0.496 e. The number of hydrogen-bond acceptors (Lipinski definition) is 2. The Bertz CT molecular complexity index is 435. The van der Waals surface area contributed by atoms with Crippen LogP contribution in [0.3, 0.4) is 0 Å². The maximum absolute atomic E-state index is 12.2. The van der Waals surface area contributed by atoms with Crippen molar-refractivity contribution in [1.29, 1.82) is 0 Å². The molecule has 1 rings (SSSR count). The molecule has 1 aromatic carbocycles. The molecule has 1 atom stereocenters. The minimum atomic E-state index is -0.169. The van der Waals surface area contributed by atoms with Gasteiger partial charge in [0.1, 0.15) is 5.75 Å². The predicted octanol–water partition coefficient (Wildman–Crippen LogP) is 3.73. The van der Waals surface area contributed by atoms with E-state index in [1.165, 1.54) is 7.11 Å². The monoisotopic (exact) mass is 303 g/mol. The van der Waals surface area contributed by atoms with E-state index in [1.807, 2.05) is 0 Å². The van der Waals surface area contributed by atoms with E-state index in [0.717, 1.165) is 6.42 Å². The zero-order valence-corrected chi connectivity index (χ0v) is 12.9. The van der Waals surface area contributed by atoms with Crippen molar-refractivity contribution in [3.63, 3.8) is 0 Å². The van der Waals surface area contributed by atoms with Gasteiger partial charge in [0, 0.05) is 16.9 Å². The molecule has 1 amide bonds. The van der Waals surface area contributed by atoms with Gasteiger partial charge in [0.05, 0.1) is 12.7 Å². The molecule has 0 saturated heterocycles. The van der Waals surface area contributed by atoms with E-state index >= 15 is 0 Å². The summed E-state index contributed by atoms with van der Waals surface area (Å²) in [5, 5.41) is 3.52. The summed E-state index contributed by atoms with van der Waals surface area (Å²) in [7, 11) is 1.52. The third-order valence-corrected chi connectivity index (χ3v) is 3.40. The van der Waals surface area contributed by atoms with Crippen LogP contribution in [0.4, 0.5) is 0 Å². The summed E-state index contributed by atoms with van der Waals surface area (Å²) in [6.07, 6.45) is 0.737. The first-order valence-corrected chi connectivity index (χ1v) is 7.11. The van der Waals surface area contributed by atoms with Crippen molar-refractivity contribution in [2.45, 2.75) is 26.3 Å². The van der Waals surface area contributed by atoms with E-state index in [9.17, 15) is 4.79 Å². The van der Waals surface area contributed by atoms with Crippen LogP contribution in [0.5, 0.6) is 5.75 Å². The molecule has 0 aliphatic rings. The van der Waals surface area contributed by atoms with Gasteiger partial charge in [-0.2, -0.15) is 0 Å². The SMILES string of the molecule is COc1cc(Cl)ccc1C(=O)NC(CCCl)C(C)C. The number of hydrogen-bond donors (Lipinski definition) is 1. The topological polar surface area (TPSA) is 38.3 Å². The van der Waals surface area contributed by atoms with Gasteiger partial charge < -0.3 is 10.1 Å². The van der Waals surface area contributed by atoms with Crippen molar-refractivity contribution in [2.24, 2.45) is 5.92 Å². The zero-order valence-electron chi connectivity index (χ0n) is 11.4. The number of ether oxygens (including phenoxy) is 1. The van der Waals surface area contributed by atoms with E-state index in [4.69, 9.17) is 27.9 Å². The number of carbonyl (C=O) groups excluding carboxylic acids is 1. The molecule has 0 saturated carbocycles. The van der Waals surface area contributed by atoms with Crippen LogP contribution >= 0.6 is 23.2 Å². The Morgan fingerprint density at radius 1 is 1.42 bits per heavy atom. The Balaban J connectivity index is 2.88. The lowest BCUT2D eigenvalue weighted by Crippen LogP contribution is -2.39. The van der Waals surface area contributed by atoms with Crippen molar-refractivity contribution in [2.75, 3.05) is 13.0 Å². The molecule has 0 radical (unpaired) electrons. The molecule has 1 aromatic rings. The first-order valence-electron chi connectivity index (χ1n) is 6.20. The fraction of sp³-hybridized carbons (Fsp3) is 0.500. The van der Waals surface area contributed by atoms with Crippen LogP contribution in [-0.2, 0) is 0 Å². The molecule has 0 spiro atoms. The molecule has 1 unspecified atom stereocenters. The Morgan fingerprint density at radius 2 is 2.11 bits per heavy atom. The van der Waals surface area contributed by atoms with Crippen LogP contribution in [0.15, 0.2) is 18.2 Å². The third-order valence-electron chi connectivity index (χ3n) is 2.95. The number of alkyl halides is 1. The molecule has 5 heteroatoms. The second-order valence-corrected chi connectivity index (χ2v) is 5.46. The third kappa shape index (κ3) is 4.59. The smallest absolute Gasteiger partial charge is 0.255 e. The van der Waals surface area contributed by atoms with Gasteiger partial charge in [-0.3, -0.25) is 4.79 Å². The number of methoxy groups -OCH3 is 1. The summed E-state index contributed by atoms with van der Waals surface area (Å²) < 4.78 is 5.18. The average Bonchev–Trinajstić information content (AvgIpc) is 2.37. The lowest BCUT2D eigenvalue weighted by Gasteiger charge is -2.22. The Labute approximate surface area is 124 Å². The van der Waals surface area contributed by atoms with Crippen molar-refractivity contribution < 1.29 is 9.53 Å². The zero-order chi connectivity index (χ0) is 14.4. The molecular formula is C14H19Cl2NO2. The fourth-order valence-corrected chi connectivity index (χ4v) is 2.19. The number of benzene rings is 1. The maximum Gasteiger partial charge on any atom is 0.255 e. The first-order chi connectivity index (χ1) is 8.99. The van der Waals surface area contributed by atoms with Gasteiger partial charge in [0.15, 0.2) is 0 Å². The molecular weight excluding hydrogens is 285 g/mol. The highest BCUT2D eigenvalue weighted by atomic mass is 35.5. The second-order valence-electron chi connectivity index (χ2n) is 4.65. The van der Waals surface area contributed by atoms with Crippen molar-refractivity contribution in [3.8, 4) is 5.75 Å². The fourth-order valence-electron chi connectivity index (χ4n) is 1.79. The molecule has 0 fully saturated rings. The van der Waals surface area contributed by atoms with Gasteiger partial charge in [-0.15, -0.1) is 11.6 Å². The second kappa shape index (κ2) is 7.61. The lowest BCUT2D eigenvalue weighted by molar-refractivity contribution is 0.0922. The van der Waals surface area contributed by atoms with Crippen molar-refractivity contribution >= 4 is 29.1 Å². The van der Waals surface area contributed by atoms with E-state index in [2.05, 4.69) is 19.2 Å². The first kappa shape index (κ1) is 16.1. The van der Waals surface area contributed by atoms with Crippen molar-refractivity contribution in [1.82, 2.24) is 5.32 Å². The summed E-state index contributed by atoms with van der Waals surface area (Å²) in [6.45, 7) is 4.10. The van der Waals surface area contributed by atoms with Gasteiger partial charge in [0.2, 0.25) is 0 Å². The van der Waals surface area contributed by atoms with Crippen LogP contribution in [0, 0.1) is 5.92 Å². The van der Waals surface area contributed by atoms with Gasteiger partial charge in [-0.1, -0.05) is 25.4 Å². The maximum atomic E-state index is 12.2. The Kier molecular flexibility index (Phi) is 6.46. The minimum Gasteiger partial charge on any atom is -0.496 e. The lowest BCUT2D eigenvalue weighted by atomic mass is 10.0. The summed E-state index contributed by atoms with van der Waals surface area (Å²) in [5.74, 6) is 1.14. The van der Waals surface area contributed by atoms with Gasteiger partial charge in [-0.05, 0) is 30.5 Å². The minimum absolute atomic E-state index is 0.0467. The normalized spacial score (nSPS) is 12.3. The standard InChI is InChI=1S/C14H19Cl2NO2/c1-9(2)12(6-7-15)17-14(18)11-5-4-10(16)8-13(11)19-3/h4-5,8-9,12H,6-7H2,1-3H3,(H,17,18). The molecule has 0 bridgehead atoms. The highest BCUT2D eigenvalue weighted by Crippen LogP contribution is 2.23. The molecule has 0 heterocycles. The number of halogens is 2. The molecule has 106 valence electrons. The van der Waals surface area contributed by atoms with Crippen LogP contribution < -0.4 is 10.1 Å². The van der Waals surface area contributed by atoms with Gasteiger partial charge in [0.25, 0.3) is 5.91 Å². The summed E-state index contributed by atoms with van der Waals surface area (Å²) in [5.41, 5.74) is 0.479. The van der Waals surface area contributed by atoms with Gasteiger partial charge in [-0.25, -0.2) is 0 Å². The van der Waals surface area contributed by atoms with Crippen LogP contribution in [-0.4, -0.2) is 24.9 Å². The predicted molar refractivity (Wildman–Crippen MR) is 79.4 cm³/mol. The summed E-state index contributed by atoms with van der Waals surface area (Å²) in [6, 6.07) is 5.01. The molecule has 0 aliphatic carbocycles. The average molecular weight is 304 g/mol. The molecule has 1 N–H and O–H groups in total. The van der Waals surface area contributed by atoms with Crippen LogP contribution in [0.25, 0.3) is 0 Å². The number of amides is 1. The Morgan fingerprint density at radius 3 is 2.63 bits per heavy atom. The number of nitrogens with one attached hydrogen (secondary N) is 1. The molecule has 0 aliphatic heterocycles. The highest BCUT2D eigenvalue weighted by molar-refractivity contribution is 6.30. The molecule has 19 heavy (non-hydrogen) atoms. The van der Waals surface area contributed by atoms with E-state index in [0.29, 0.717) is 28.1 Å². The van der Waals surface area contributed by atoms with E-state index in [1.54, 1.807) is 18.2 Å². The quantitative estimate of drug-likeness (QED) is 0.813. The van der Waals surface area contributed by atoms with Crippen molar-refractivity contribution in [3.05, 3.63) is 28.8 Å². The van der Waals surface area contributed by atoms with Gasteiger partial charge >= 0.3 is 0 Å². The highest BCUT2D eigenvalue weighted by Gasteiger charge is 2.19. The van der Waals surface area contributed by atoms with Crippen LogP contribution in [0.1, 0.15) is 30.6 Å². The molecule has 3 nitrogen and oxygen atoms in total. The summed E-state index contributed by atoms with van der Waals surface area (Å²) >= 11 is 11.6. The summed E-state index contributed by atoms with van der Waals surface area (Å²) in [4.78, 5) is 12.2. The Hall–Kier alpha value is -0.930. The molecule has 0 aromatic heterocycles.